The third-order valence-corrected chi connectivity index (χ3v) is 2.98. The second kappa shape index (κ2) is 4.86. The van der Waals surface area contributed by atoms with Crippen LogP contribution in [0, 0.1) is 18.6 Å². The molecule has 0 saturated heterocycles. The second-order valence-electron chi connectivity index (χ2n) is 3.94. The average molecular weight is 267 g/mol. The predicted molar refractivity (Wildman–Crippen MR) is 66.9 cm³/mol. The van der Waals surface area contributed by atoms with Crippen molar-refractivity contribution < 1.29 is 13.6 Å². The highest BCUT2D eigenvalue weighted by Crippen LogP contribution is 2.32. The molecule has 0 saturated carbocycles. The van der Waals surface area contributed by atoms with E-state index < -0.39 is 11.6 Å². The number of benzene rings is 2. The van der Waals surface area contributed by atoms with E-state index in [4.69, 9.17) is 11.6 Å². The summed E-state index contributed by atoms with van der Waals surface area (Å²) in [4.78, 5) is 10.7. The predicted octanol–water partition coefficient (Wildman–Crippen LogP) is 4.41. The Labute approximate surface area is 108 Å². The minimum Gasteiger partial charge on any atom is -0.298 e. The van der Waals surface area contributed by atoms with Gasteiger partial charge in [0.25, 0.3) is 0 Å². The maximum atomic E-state index is 13.7. The SMILES string of the molecule is Cc1cc(-c2cc(C=O)ccc2F)c(Cl)cc1F. The van der Waals surface area contributed by atoms with Crippen LogP contribution >= 0.6 is 11.6 Å². The van der Waals surface area contributed by atoms with Crippen LogP contribution < -0.4 is 0 Å². The molecule has 0 unspecified atom stereocenters. The van der Waals surface area contributed by atoms with Gasteiger partial charge in [-0.1, -0.05) is 11.6 Å². The van der Waals surface area contributed by atoms with Gasteiger partial charge in [-0.05, 0) is 42.8 Å². The maximum absolute atomic E-state index is 13.7. The van der Waals surface area contributed by atoms with Gasteiger partial charge in [-0.25, -0.2) is 8.78 Å². The zero-order valence-electron chi connectivity index (χ0n) is 9.51. The fraction of sp³-hybridized carbons (Fsp3) is 0.0714. The molecular weight excluding hydrogens is 258 g/mol. The first-order valence-corrected chi connectivity index (χ1v) is 5.61. The Bertz CT molecular complexity index is 623. The van der Waals surface area contributed by atoms with Crippen molar-refractivity contribution in [2.45, 2.75) is 6.92 Å². The third kappa shape index (κ3) is 2.27. The molecule has 0 N–H and O–H groups in total. The topological polar surface area (TPSA) is 17.1 Å². The number of rotatable bonds is 2. The molecule has 0 aliphatic rings. The zero-order valence-corrected chi connectivity index (χ0v) is 10.3. The molecule has 18 heavy (non-hydrogen) atoms. The number of hydrogen-bond donors (Lipinski definition) is 0. The molecule has 2 aromatic rings. The molecule has 0 atom stereocenters. The fourth-order valence-corrected chi connectivity index (χ4v) is 1.94. The van der Waals surface area contributed by atoms with Gasteiger partial charge >= 0.3 is 0 Å². The standard InChI is InChI=1S/C14H9ClF2O/c1-8-4-10(12(15)6-14(8)17)11-5-9(7-18)2-3-13(11)16/h2-7H,1H3. The number of carbonyl (C=O) groups excluding carboxylic acids is 1. The van der Waals surface area contributed by atoms with Crippen molar-refractivity contribution in [3.05, 3.63) is 58.1 Å². The molecular formula is C14H9ClF2O. The largest absolute Gasteiger partial charge is 0.298 e. The first kappa shape index (κ1) is 12.7. The summed E-state index contributed by atoms with van der Waals surface area (Å²) in [5.41, 5.74) is 1.26. The zero-order chi connectivity index (χ0) is 13.3. The minimum absolute atomic E-state index is 0.111. The lowest BCUT2D eigenvalue weighted by Gasteiger charge is -2.08. The van der Waals surface area contributed by atoms with Crippen molar-refractivity contribution >= 4 is 17.9 Å². The summed E-state index contributed by atoms with van der Waals surface area (Å²) in [5, 5.41) is 0.111. The van der Waals surface area contributed by atoms with Crippen LogP contribution in [-0.4, -0.2) is 6.29 Å². The highest BCUT2D eigenvalue weighted by Gasteiger charge is 2.12. The molecule has 0 bridgehead atoms. The first-order chi connectivity index (χ1) is 8.52. The number of halogens is 3. The Morgan fingerprint density at radius 2 is 1.78 bits per heavy atom. The van der Waals surface area contributed by atoms with Gasteiger partial charge in [-0.3, -0.25) is 4.79 Å². The minimum atomic E-state index is -0.506. The summed E-state index contributed by atoms with van der Waals surface area (Å²) in [5.74, 6) is -0.954. The lowest BCUT2D eigenvalue weighted by atomic mass is 10.0. The molecule has 0 aliphatic carbocycles. The summed E-state index contributed by atoms with van der Waals surface area (Å²) in [7, 11) is 0. The molecule has 0 radical (unpaired) electrons. The van der Waals surface area contributed by atoms with E-state index in [1.807, 2.05) is 0 Å². The van der Waals surface area contributed by atoms with E-state index in [-0.39, 0.29) is 10.6 Å². The molecule has 0 aliphatic heterocycles. The Balaban J connectivity index is 2.68. The van der Waals surface area contributed by atoms with Crippen molar-refractivity contribution in [1.82, 2.24) is 0 Å². The van der Waals surface area contributed by atoms with E-state index in [0.717, 1.165) is 6.07 Å². The summed E-state index contributed by atoms with van der Waals surface area (Å²) in [6, 6.07) is 6.55. The molecule has 1 nitrogen and oxygen atoms in total. The van der Waals surface area contributed by atoms with Crippen LogP contribution in [0.4, 0.5) is 8.78 Å². The van der Waals surface area contributed by atoms with E-state index in [9.17, 15) is 13.6 Å². The molecule has 0 spiro atoms. The van der Waals surface area contributed by atoms with E-state index in [1.54, 1.807) is 6.92 Å². The van der Waals surface area contributed by atoms with Crippen molar-refractivity contribution in [1.29, 1.82) is 0 Å². The third-order valence-electron chi connectivity index (χ3n) is 2.66. The van der Waals surface area contributed by atoms with Gasteiger partial charge in [0.05, 0.1) is 5.02 Å². The van der Waals surface area contributed by atoms with E-state index >= 15 is 0 Å². The lowest BCUT2D eigenvalue weighted by Crippen LogP contribution is -1.91. The van der Waals surface area contributed by atoms with Crippen molar-refractivity contribution in [2.24, 2.45) is 0 Å². The van der Waals surface area contributed by atoms with Crippen molar-refractivity contribution in [3.63, 3.8) is 0 Å². The second-order valence-corrected chi connectivity index (χ2v) is 4.35. The van der Waals surface area contributed by atoms with Gasteiger partial charge in [-0.15, -0.1) is 0 Å². The van der Waals surface area contributed by atoms with Gasteiger partial charge in [-0.2, -0.15) is 0 Å². The molecule has 4 heteroatoms. The molecule has 2 rings (SSSR count). The van der Waals surface area contributed by atoms with Crippen LogP contribution in [0.15, 0.2) is 30.3 Å². The van der Waals surface area contributed by atoms with Gasteiger partial charge in [0.2, 0.25) is 0 Å². The van der Waals surface area contributed by atoms with Crippen LogP contribution in [0.2, 0.25) is 5.02 Å². The van der Waals surface area contributed by atoms with E-state index in [1.165, 1.54) is 24.3 Å². The molecule has 0 amide bonds. The van der Waals surface area contributed by atoms with Crippen molar-refractivity contribution in [2.75, 3.05) is 0 Å². The molecule has 0 fully saturated rings. The molecule has 92 valence electrons. The smallest absolute Gasteiger partial charge is 0.150 e. The highest BCUT2D eigenvalue weighted by atomic mass is 35.5. The molecule has 0 aromatic heterocycles. The van der Waals surface area contributed by atoms with Gasteiger partial charge < -0.3 is 0 Å². The molecule has 2 aromatic carbocycles. The van der Waals surface area contributed by atoms with E-state index in [0.29, 0.717) is 23.0 Å². The Morgan fingerprint density at radius 3 is 2.44 bits per heavy atom. The summed E-state index contributed by atoms with van der Waals surface area (Å²) in [6.07, 6.45) is 0.618. The van der Waals surface area contributed by atoms with Crippen LogP contribution in [0.1, 0.15) is 15.9 Å². The monoisotopic (exact) mass is 266 g/mol. The van der Waals surface area contributed by atoms with Gasteiger partial charge in [0.15, 0.2) is 0 Å². The Hall–Kier alpha value is -1.74. The highest BCUT2D eigenvalue weighted by molar-refractivity contribution is 6.33. The number of hydrogen-bond acceptors (Lipinski definition) is 1. The Kier molecular flexibility index (Phi) is 3.43. The van der Waals surface area contributed by atoms with Gasteiger partial charge in [0.1, 0.15) is 17.9 Å². The average Bonchev–Trinajstić information content (AvgIpc) is 2.35. The van der Waals surface area contributed by atoms with Crippen molar-refractivity contribution in [3.8, 4) is 11.1 Å². The molecule has 0 heterocycles. The van der Waals surface area contributed by atoms with Gasteiger partial charge in [0, 0.05) is 16.7 Å². The number of aldehydes is 1. The lowest BCUT2D eigenvalue weighted by molar-refractivity contribution is 0.112. The van der Waals surface area contributed by atoms with Crippen LogP contribution in [0.5, 0.6) is 0 Å². The van der Waals surface area contributed by atoms with Crippen LogP contribution in [-0.2, 0) is 0 Å². The quantitative estimate of drug-likeness (QED) is 0.736. The maximum Gasteiger partial charge on any atom is 0.150 e. The normalized spacial score (nSPS) is 10.4. The summed E-state index contributed by atoms with van der Waals surface area (Å²) >= 11 is 5.91. The summed E-state index contributed by atoms with van der Waals surface area (Å²) < 4.78 is 27.0. The number of carbonyl (C=O) groups is 1. The van der Waals surface area contributed by atoms with E-state index in [2.05, 4.69) is 0 Å². The fourth-order valence-electron chi connectivity index (χ4n) is 1.69. The van der Waals surface area contributed by atoms with Crippen LogP contribution in [0.3, 0.4) is 0 Å². The number of aryl methyl sites for hydroxylation is 1. The van der Waals surface area contributed by atoms with Crippen LogP contribution in [0.25, 0.3) is 11.1 Å². The summed E-state index contributed by atoms with van der Waals surface area (Å²) in [6.45, 7) is 1.57. The first-order valence-electron chi connectivity index (χ1n) is 5.23. The Morgan fingerprint density at radius 1 is 1.06 bits per heavy atom.